The first-order valence-electron chi connectivity index (χ1n) is 20.5. The molecule has 0 unspecified atom stereocenters. The molecule has 0 atom stereocenters. The van der Waals surface area contributed by atoms with Crippen LogP contribution in [0.2, 0.25) is 0 Å². The molecule has 0 bridgehead atoms. The summed E-state index contributed by atoms with van der Waals surface area (Å²) in [5.74, 6) is 0. The van der Waals surface area contributed by atoms with Gasteiger partial charge in [0, 0.05) is 27.5 Å². The van der Waals surface area contributed by atoms with Gasteiger partial charge in [-0.1, -0.05) is 194 Å². The Morgan fingerprint density at radius 2 is 0.783 bits per heavy atom. The zero-order chi connectivity index (χ0) is 39.8. The van der Waals surface area contributed by atoms with Crippen molar-refractivity contribution in [3.8, 4) is 55.6 Å². The molecular formula is C58H39NO. The molecule has 2 nitrogen and oxygen atoms in total. The molecule has 2 heteroatoms. The van der Waals surface area contributed by atoms with Crippen LogP contribution < -0.4 is 4.90 Å². The summed E-state index contributed by atoms with van der Waals surface area (Å²) in [7, 11) is 0. The van der Waals surface area contributed by atoms with Crippen molar-refractivity contribution in [2.75, 3.05) is 4.90 Å². The first-order chi connectivity index (χ1) is 29.8. The Morgan fingerprint density at radius 3 is 1.52 bits per heavy atom. The van der Waals surface area contributed by atoms with E-state index in [1.54, 1.807) is 0 Å². The predicted octanol–water partition coefficient (Wildman–Crippen LogP) is 16.5. The van der Waals surface area contributed by atoms with Gasteiger partial charge >= 0.3 is 0 Å². The topological polar surface area (TPSA) is 16.4 Å². The van der Waals surface area contributed by atoms with Gasteiger partial charge in [0.05, 0.1) is 17.1 Å². The van der Waals surface area contributed by atoms with Gasteiger partial charge in [0.25, 0.3) is 0 Å². The van der Waals surface area contributed by atoms with Gasteiger partial charge in [0.2, 0.25) is 0 Å². The Labute approximate surface area is 349 Å². The molecule has 1 heterocycles. The minimum Gasteiger partial charge on any atom is -0.456 e. The van der Waals surface area contributed by atoms with E-state index in [0.717, 1.165) is 72.4 Å². The lowest BCUT2D eigenvalue weighted by Gasteiger charge is -2.32. The second-order valence-electron chi connectivity index (χ2n) is 15.2. The summed E-state index contributed by atoms with van der Waals surface area (Å²) < 4.78 is 6.47. The number of furan rings is 1. The molecule has 0 radical (unpaired) electrons. The number of benzene rings is 10. The summed E-state index contributed by atoms with van der Waals surface area (Å²) in [4.78, 5) is 2.48. The Hall–Kier alpha value is -7.94. The van der Waals surface area contributed by atoms with Crippen LogP contribution in [0.3, 0.4) is 0 Å². The molecule has 1 aromatic heterocycles. The highest BCUT2D eigenvalue weighted by molar-refractivity contribution is 6.10. The van der Waals surface area contributed by atoms with Crippen molar-refractivity contribution in [1.82, 2.24) is 0 Å². The van der Waals surface area contributed by atoms with Crippen molar-refractivity contribution in [1.29, 1.82) is 0 Å². The second kappa shape index (κ2) is 15.1. The molecule has 0 amide bonds. The number of nitrogens with zero attached hydrogens (tertiary/aromatic N) is 1. The Morgan fingerprint density at radius 1 is 0.267 bits per heavy atom. The van der Waals surface area contributed by atoms with Gasteiger partial charge in [-0.05, 0) is 92.2 Å². The molecule has 0 N–H and O–H groups in total. The highest BCUT2D eigenvalue weighted by Gasteiger charge is 2.25. The summed E-state index contributed by atoms with van der Waals surface area (Å²) in [5, 5.41) is 4.66. The fourth-order valence-electron chi connectivity index (χ4n) is 8.91. The van der Waals surface area contributed by atoms with Crippen LogP contribution in [0, 0.1) is 0 Å². The molecule has 10 aromatic carbocycles. The molecule has 282 valence electrons. The smallest absolute Gasteiger partial charge is 0.136 e. The largest absolute Gasteiger partial charge is 0.456 e. The van der Waals surface area contributed by atoms with E-state index >= 15 is 0 Å². The molecule has 60 heavy (non-hydrogen) atoms. The first kappa shape index (κ1) is 35.2. The number of fused-ring (bicyclic) bond motifs is 4. The van der Waals surface area contributed by atoms with Crippen molar-refractivity contribution < 1.29 is 4.42 Å². The van der Waals surface area contributed by atoms with Crippen molar-refractivity contribution in [2.45, 2.75) is 0 Å². The average molecular weight is 766 g/mol. The van der Waals surface area contributed by atoms with Crippen LogP contribution in [0.5, 0.6) is 0 Å². The van der Waals surface area contributed by atoms with Gasteiger partial charge in [-0.25, -0.2) is 0 Å². The van der Waals surface area contributed by atoms with E-state index in [1.807, 2.05) is 12.1 Å². The van der Waals surface area contributed by atoms with Gasteiger partial charge in [-0.3, -0.25) is 0 Å². The Balaban J connectivity index is 1.20. The van der Waals surface area contributed by atoms with Crippen molar-refractivity contribution in [3.05, 3.63) is 237 Å². The van der Waals surface area contributed by atoms with Crippen LogP contribution in [-0.4, -0.2) is 0 Å². The van der Waals surface area contributed by atoms with E-state index in [4.69, 9.17) is 4.42 Å². The molecule has 0 spiro atoms. The molecule has 11 aromatic rings. The SMILES string of the molecule is c1ccc(-c2ccc(N(c3ccccc3-c3ccc4c(c3)oc3ccccc34)c3ccccc3-c3cccc4cccc(-c5ccccc5)c34)c(-c3ccccc3)c2)cc1. The fraction of sp³-hybridized carbons (Fsp3) is 0. The van der Waals surface area contributed by atoms with Crippen molar-refractivity contribution in [3.63, 3.8) is 0 Å². The second-order valence-corrected chi connectivity index (χ2v) is 15.2. The maximum atomic E-state index is 6.47. The summed E-state index contributed by atoms with van der Waals surface area (Å²) in [6.45, 7) is 0. The molecule has 0 aliphatic heterocycles. The fourth-order valence-corrected chi connectivity index (χ4v) is 8.91. The maximum Gasteiger partial charge on any atom is 0.136 e. The first-order valence-corrected chi connectivity index (χ1v) is 20.5. The molecule has 0 aliphatic carbocycles. The monoisotopic (exact) mass is 765 g/mol. The third kappa shape index (κ3) is 6.23. The maximum absolute atomic E-state index is 6.47. The number of hydrogen-bond acceptors (Lipinski definition) is 2. The summed E-state index contributed by atoms with van der Waals surface area (Å²) in [5.41, 5.74) is 16.5. The zero-order valence-corrected chi connectivity index (χ0v) is 32.9. The zero-order valence-electron chi connectivity index (χ0n) is 32.9. The standard InChI is InChI=1S/C58H39NO/c1-4-18-40(19-5-1)44-35-37-55(52(38-44)42-22-8-3-9-23-42)59(53-31-13-10-26-46(53)45-34-36-50-49-28-12-15-33-56(49)60-57(50)39-45)54-32-14-11-27-48(54)51-30-17-25-43-24-16-29-47(58(43)51)41-20-6-2-7-21-41/h1-39H. The lowest BCUT2D eigenvalue weighted by atomic mass is 9.90. The highest BCUT2D eigenvalue weighted by atomic mass is 16.3. The summed E-state index contributed by atoms with van der Waals surface area (Å²) >= 11 is 0. The van der Waals surface area contributed by atoms with E-state index in [2.05, 4.69) is 229 Å². The van der Waals surface area contributed by atoms with Crippen LogP contribution in [0.25, 0.3) is 88.3 Å². The van der Waals surface area contributed by atoms with Gasteiger partial charge in [-0.15, -0.1) is 0 Å². The Kier molecular flexibility index (Phi) is 8.87. The molecule has 0 fully saturated rings. The van der Waals surface area contributed by atoms with Gasteiger partial charge < -0.3 is 9.32 Å². The Bertz CT molecular complexity index is 3310. The van der Waals surface area contributed by atoms with E-state index in [1.165, 1.54) is 33.0 Å². The third-order valence-corrected chi connectivity index (χ3v) is 11.7. The highest BCUT2D eigenvalue weighted by Crippen LogP contribution is 2.50. The van der Waals surface area contributed by atoms with Crippen molar-refractivity contribution >= 4 is 49.8 Å². The number of hydrogen-bond donors (Lipinski definition) is 0. The minimum absolute atomic E-state index is 0.872. The van der Waals surface area contributed by atoms with E-state index in [0.29, 0.717) is 0 Å². The number of para-hydroxylation sites is 3. The lowest BCUT2D eigenvalue weighted by Crippen LogP contribution is -2.14. The number of anilines is 3. The molecule has 0 saturated heterocycles. The average Bonchev–Trinajstić information content (AvgIpc) is 3.70. The van der Waals surface area contributed by atoms with Crippen LogP contribution in [0.1, 0.15) is 0 Å². The van der Waals surface area contributed by atoms with Crippen LogP contribution in [-0.2, 0) is 0 Å². The van der Waals surface area contributed by atoms with Gasteiger partial charge in [-0.2, -0.15) is 0 Å². The van der Waals surface area contributed by atoms with Gasteiger partial charge in [0.1, 0.15) is 11.2 Å². The van der Waals surface area contributed by atoms with Crippen LogP contribution in [0.15, 0.2) is 241 Å². The summed E-state index contributed by atoms with van der Waals surface area (Å²) in [6.07, 6.45) is 0. The molecule has 0 saturated carbocycles. The normalized spacial score (nSPS) is 11.3. The minimum atomic E-state index is 0.872. The van der Waals surface area contributed by atoms with E-state index < -0.39 is 0 Å². The molecule has 0 aliphatic rings. The summed E-state index contributed by atoms with van der Waals surface area (Å²) in [6, 6.07) is 85.0. The molecular weight excluding hydrogens is 727 g/mol. The van der Waals surface area contributed by atoms with Crippen LogP contribution in [0.4, 0.5) is 17.1 Å². The van der Waals surface area contributed by atoms with Gasteiger partial charge in [0.15, 0.2) is 0 Å². The van der Waals surface area contributed by atoms with Crippen LogP contribution >= 0.6 is 0 Å². The third-order valence-electron chi connectivity index (χ3n) is 11.7. The number of rotatable bonds is 8. The van der Waals surface area contributed by atoms with E-state index in [9.17, 15) is 0 Å². The predicted molar refractivity (Wildman–Crippen MR) is 253 cm³/mol. The quantitative estimate of drug-likeness (QED) is 0.153. The van der Waals surface area contributed by atoms with Crippen molar-refractivity contribution in [2.24, 2.45) is 0 Å². The molecule has 11 rings (SSSR count). The van der Waals surface area contributed by atoms with E-state index in [-0.39, 0.29) is 0 Å². The lowest BCUT2D eigenvalue weighted by molar-refractivity contribution is 0.669.